The molecule has 0 unspecified atom stereocenters. The van der Waals surface area contributed by atoms with Crippen LogP contribution in [-0.4, -0.2) is 31.3 Å². The molecule has 0 amide bonds. The fourth-order valence-corrected chi connectivity index (χ4v) is 2.66. The Morgan fingerprint density at radius 1 is 1.38 bits per heavy atom. The van der Waals surface area contributed by atoms with E-state index in [2.05, 4.69) is 10.8 Å². The van der Waals surface area contributed by atoms with Gasteiger partial charge in [0.05, 0.1) is 13.7 Å². The number of rotatable bonds is 5. The number of methoxy groups -OCH3 is 1. The molecule has 1 aliphatic carbocycles. The molecule has 0 aromatic rings. The Hall–Kier alpha value is -1.78. The van der Waals surface area contributed by atoms with Gasteiger partial charge in [-0.05, 0) is 39.5 Å². The minimum atomic E-state index is -0.929. The molecule has 21 heavy (non-hydrogen) atoms. The van der Waals surface area contributed by atoms with Gasteiger partial charge in [0, 0.05) is 6.42 Å². The van der Waals surface area contributed by atoms with E-state index in [-0.39, 0.29) is 11.3 Å². The van der Waals surface area contributed by atoms with Crippen LogP contribution >= 0.6 is 0 Å². The summed E-state index contributed by atoms with van der Waals surface area (Å²) in [5.74, 6) is -1.12. The van der Waals surface area contributed by atoms with Crippen LogP contribution in [0.2, 0.25) is 0 Å². The van der Waals surface area contributed by atoms with Crippen molar-refractivity contribution in [3.63, 3.8) is 0 Å². The van der Waals surface area contributed by atoms with Crippen molar-refractivity contribution in [3.8, 4) is 0 Å². The monoisotopic (exact) mass is 294 g/mol. The van der Waals surface area contributed by atoms with Gasteiger partial charge >= 0.3 is 11.9 Å². The van der Waals surface area contributed by atoms with Crippen LogP contribution in [0.25, 0.3) is 0 Å². The van der Waals surface area contributed by atoms with E-state index in [4.69, 9.17) is 9.47 Å². The van der Waals surface area contributed by atoms with Crippen LogP contribution in [0.4, 0.5) is 0 Å². The molecule has 0 saturated carbocycles. The lowest BCUT2D eigenvalue weighted by atomic mass is 9.97. The number of carbonyl (C=O) groups is 2. The number of hydrogen-bond acceptors (Lipinski definition) is 5. The molecule has 0 aromatic carbocycles. The van der Waals surface area contributed by atoms with E-state index in [1.165, 1.54) is 25.5 Å². The summed E-state index contributed by atoms with van der Waals surface area (Å²) in [5.41, 5.74) is 0.325. The Bertz CT molecular complexity index is 499. The molecule has 0 aromatic heterocycles. The average molecular weight is 294 g/mol. The van der Waals surface area contributed by atoms with Crippen LogP contribution in [0, 0.1) is 0 Å². The topological polar surface area (TPSA) is 61.8 Å². The van der Waals surface area contributed by atoms with Crippen molar-refractivity contribution in [2.45, 2.75) is 51.6 Å². The highest BCUT2D eigenvalue weighted by atomic mass is 16.6. The molecule has 0 atom stereocenters. The second-order valence-electron chi connectivity index (χ2n) is 5.80. The number of carbonyl (C=O) groups excluding carboxylic acids is 2. The SMILES string of the molecule is COC(=O)C1=C(OCCC2=CCCCC2)C(C)(C)OC1=O. The van der Waals surface area contributed by atoms with Crippen molar-refractivity contribution >= 4 is 11.9 Å². The lowest BCUT2D eigenvalue weighted by Gasteiger charge is -2.22. The molecule has 2 rings (SSSR count). The highest BCUT2D eigenvalue weighted by Gasteiger charge is 2.46. The standard InChI is InChI=1S/C16H22O5/c1-16(2)13(12(14(17)19-3)15(18)21-16)20-10-9-11-7-5-4-6-8-11/h7H,4-6,8-10H2,1-3H3. The van der Waals surface area contributed by atoms with Gasteiger partial charge in [-0.15, -0.1) is 0 Å². The maximum Gasteiger partial charge on any atom is 0.350 e. The third-order valence-corrected chi connectivity index (χ3v) is 3.77. The van der Waals surface area contributed by atoms with E-state index in [0.717, 1.165) is 19.3 Å². The quantitative estimate of drug-likeness (QED) is 0.443. The molecule has 0 bridgehead atoms. The maximum absolute atomic E-state index is 11.8. The minimum absolute atomic E-state index is 0.125. The molecule has 116 valence electrons. The van der Waals surface area contributed by atoms with Gasteiger partial charge in [0.2, 0.25) is 0 Å². The molecule has 0 radical (unpaired) electrons. The van der Waals surface area contributed by atoms with Crippen molar-refractivity contribution in [2.24, 2.45) is 0 Å². The predicted molar refractivity (Wildman–Crippen MR) is 76.3 cm³/mol. The number of allylic oxidation sites excluding steroid dienone is 1. The van der Waals surface area contributed by atoms with E-state index in [9.17, 15) is 9.59 Å². The first kappa shape index (κ1) is 15.6. The Morgan fingerprint density at radius 3 is 2.76 bits per heavy atom. The van der Waals surface area contributed by atoms with Gasteiger partial charge in [-0.2, -0.15) is 0 Å². The summed E-state index contributed by atoms with van der Waals surface area (Å²) in [6.45, 7) is 3.84. The fourth-order valence-electron chi connectivity index (χ4n) is 2.66. The highest BCUT2D eigenvalue weighted by Crippen LogP contribution is 2.34. The van der Waals surface area contributed by atoms with Gasteiger partial charge in [0.15, 0.2) is 16.9 Å². The van der Waals surface area contributed by atoms with Gasteiger partial charge in [-0.1, -0.05) is 11.6 Å². The molecular formula is C16H22O5. The summed E-state index contributed by atoms with van der Waals surface area (Å²) >= 11 is 0. The molecule has 1 aliphatic heterocycles. The lowest BCUT2D eigenvalue weighted by Crippen LogP contribution is -2.25. The van der Waals surface area contributed by atoms with Gasteiger partial charge < -0.3 is 14.2 Å². The second-order valence-corrected chi connectivity index (χ2v) is 5.80. The van der Waals surface area contributed by atoms with Crippen LogP contribution in [0.3, 0.4) is 0 Å². The first-order valence-corrected chi connectivity index (χ1v) is 7.33. The Kier molecular flexibility index (Phi) is 4.70. The Balaban J connectivity index is 2.06. The number of esters is 2. The fraction of sp³-hybridized carbons (Fsp3) is 0.625. The highest BCUT2D eigenvalue weighted by molar-refractivity contribution is 6.16. The van der Waals surface area contributed by atoms with Gasteiger partial charge in [0.1, 0.15) is 0 Å². The molecule has 5 heteroatoms. The average Bonchev–Trinajstić information content (AvgIpc) is 2.68. The number of ether oxygens (including phenoxy) is 3. The third-order valence-electron chi connectivity index (χ3n) is 3.77. The van der Waals surface area contributed by atoms with E-state index in [0.29, 0.717) is 6.61 Å². The first-order chi connectivity index (χ1) is 9.95. The van der Waals surface area contributed by atoms with Gasteiger partial charge in [-0.3, -0.25) is 0 Å². The van der Waals surface area contributed by atoms with Crippen molar-refractivity contribution < 1.29 is 23.8 Å². The van der Waals surface area contributed by atoms with E-state index < -0.39 is 17.5 Å². The van der Waals surface area contributed by atoms with Crippen molar-refractivity contribution in [1.29, 1.82) is 0 Å². The minimum Gasteiger partial charge on any atom is -0.492 e. The molecular weight excluding hydrogens is 272 g/mol. The van der Waals surface area contributed by atoms with Crippen molar-refractivity contribution in [2.75, 3.05) is 13.7 Å². The maximum atomic E-state index is 11.8. The summed E-state index contributed by atoms with van der Waals surface area (Å²) in [6.07, 6.45) is 7.75. The van der Waals surface area contributed by atoms with Gasteiger partial charge in [-0.25, -0.2) is 9.59 Å². The van der Waals surface area contributed by atoms with E-state index >= 15 is 0 Å². The predicted octanol–water partition coefficient (Wildman–Crippen LogP) is 2.66. The van der Waals surface area contributed by atoms with Crippen LogP contribution in [0.15, 0.2) is 23.0 Å². The summed E-state index contributed by atoms with van der Waals surface area (Å²) in [5, 5.41) is 0. The second kappa shape index (κ2) is 6.33. The first-order valence-electron chi connectivity index (χ1n) is 7.33. The van der Waals surface area contributed by atoms with Crippen LogP contribution in [0.1, 0.15) is 46.0 Å². The van der Waals surface area contributed by atoms with Crippen molar-refractivity contribution in [3.05, 3.63) is 23.0 Å². The Morgan fingerprint density at radius 2 is 2.14 bits per heavy atom. The van der Waals surface area contributed by atoms with Crippen LogP contribution in [0.5, 0.6) is 0 Å². The molecule has 5 nitrogen and oxygen atoms in total. The molecule has 0 spiro atoms. The summed E-state index contributed by atoms with van der Waals surface area (Å²) in [7, 11) is 1.23. The van der Waals surface area contributed by atoms with Crippen LogP contribution < -0.4 is 0 Å². The zero-order valence-corrected chi connectivity index (χ0v) is 12.9. The van der Waals surface area contributed by atoms with E-state index in [1.807, 2.05) is 0 Å². The zero-order valence-electron chi connectivity index (χ0n) is 12.9. The molecule has 1 heterocycles. The smallest absolute Gasteiger partial charge is 0.350 e. The lowest BCUT2D eigenvalue weighted by molar-refractivity contribution is -0.148. The summed E-state index contributed by atoms with van der Waals surface area (Å²) in [6, 6.07) is 0. The summed E-state index contributed by atoms with van der Waals surface area (Å²) in [4.78, 5) is 23.5. The zero-order chi connectivity index (χ0) is 15.5. The van der Waals surface area contributed by atoms with Crippen molar-refractivity contribution in [1.82, 2.24) is 0 Å². The normalized spacial score (nSPS) is 20.9. The molecule has 0 N–H and O–H groups in total. The molecule has 0 saturated heterocycles. The van der Waals surface area contributed by atoms with E-state index in [1.54, 1.807) is 13.8 Å². The molecule has 2 aliphatic rings. The number of hydrogen-bond donors (Lipinski definition) is 0. The summed E-state index contributed by atoms with van der Waals surface area (Å²) < 4.78 is 15.5. The Labute approximate surface area is 124 Å². The largest absolute Gasteiger partial charge is 0.492 e. The molecule has 0 fully saturated rings. The van der Waals surface area contributed by atoms with Crippen LogP contribution in [-0.2, 0) is 23.8 Å². The third kappa shape index (κ3) is 3.46. The number of cyclic esters (lactones) is 1. The van der Waals surface area contributed by atoms with Gasteiger partial charge in [0.25, 0.3) is 0 Å².